The molecule has 8 aliphatic heterocycles. The molecular weight excluding hydrogens is 1700 g/mol. The van der Waals surface area contributed by atoms with Crippen molar-refractivity contribution in [3.8, 4) is 41.1 Å². The van der Waals surface area contributed by atoms with E-state index in [1.165, 1.54) is 56.9 Å². The van der Waals surface area contributed by atoms with Crippen LogP contribution in [0.5, 0.6) is 28.7 Å². The fraction of sp³-hybridized carbons (Fsp3) is 0.324. The van der Waals surface area contributed by atoms with E-state index in [9.17, 15) is 68.4 Å². The van der Waals surface area contributed by atoms with Crippen molar-refractivity contribution in [1.29, 1.82) is 0 Å². The number of carbonyl (C=O) groups excluding carboxylic acids is 10. The summed E-state index contributed by atoms with van der Waals surface area (Å²) in [5.41, 5.74) is 0.0367. The number of β-amino-alcohol motifs (C(OH)–C–C–N with tert-alkyl or cyclic N) is 4. The van der Waals surface area contributed by atoms with E-state index in [0.29, 0.717) is 81.2 Å². The van der Waals surface area contributed by atoms with Gasteiger partial charge in [-0.2, -0.15) is 0 Å². The van der Waals surface area contributed by atoms with Crippen molar-refractivity contribution in [2.45, 2.75) is 74.3 Å². The molecule has 34 nitrogen and oxygen atoms in total. The number of aromatic hydroxyl groups is 1. The van der Waals surface area contributed by atoms with Gasteiger partial charge in [-0.1, -0.05) is 18.1 Å². The summed E-state index contributed by atoms with van der Waals surface area (Å²) in [6.07, 6.45) is 3.55. The van der Waals surface area contributed by atoms with Crippen LogP contribution in [0, 0.1) is 16.0 Å². The van der Waals surface area contributed by atoms with Crippen LogP contribution in [0.2, 0.25) is 0 Å². The van der Waals surface area contributed by atoms with E-state index in [1.807, 2.05) is 12.1 Å². The molecule has 0 aliphatic carbocycles. The van der Waals surface area contributed by atoms with Crippen molar-refractivity contribution < 1.29 is 96.8 Å². The van der Waals surface area contributed by atoms with Gasteiger partial charge >= 0.3 is 12.1 Å². The number of terminal acetylenes is 1. The van der Waals surface area contributed by atoms with Gasteiger partial charge in [-0.3, -0.25) is 63.7 Å². The maximum absolute atomic E-state index is 13.2. The van der Waals surface area contributed by atoms with Gasteiger partial charge in [0.25, 0.3) is 23.6 Å². The van der Waals surface area contributed by atoms with Gasteiger partial charge in [-0.05, 0) is 154 Å². The highest BCUT2D eigenvalue weighted by Gasteiger charge is 2.54. The van der Waals surface area contributed by atoms with Crippen LogP contribution >= 0.6 is 70.4 Å². The first kappa shape index (κ1) is 78.4. The van der Waals surface area contributed by atoms with Crippen LogP contribution in [-0.4, -0.2) is 212 Å². The summed E-state index contributed by atoms with van der Waals surface area (Å²) in [6, 6.07) is 23.9. The van der Waals surface area contributed by atoms with Crippen LogP contribution in [0.4, 0.5) is 27.0 Å². The molecule has 6 saturated heterocycles. The van der Waals surface area contributed by atoms with Crippen LogP contribution in [0.25, 0.3) is 11.1 Å². The van der Waals surface area contributed by atoms with Gasteiger partial charge < -0.3 is 74.6 Å². The SMILES string of the molecule is C#C[C@]1(CN2Cc3ccc(OC)cc3C2=O)NC(=O)NC1=O.COc1ccc(I)nc1Br.COc1ccc(N2C[C@H](O)CC2=O)nc1Br.COc1ccc2c(c1)C(=O)N(C[C@@]1(c3cc4nc(N5C[C@H](O)CC5=O)ccc4o3)NC(=O)NC1=O)C2.O=C1C[C@@H](O)CN1.O=C1C[C@@H](O)CN1c1ccc(O)c(Br)n1. The summed E-state index contributed by atoms with van der Waals surface area (Å²) >= 11 is 11.7. The first-order valence-corrected chi connectivity index (χ1v) is 35.3. The van der Waals surface area contributed by atoms with E-state index in [2.05, 4.69) is 123 Å². The number of benzene rings is 2. The third-order valence-corrected chi connectivity index (χ3v) is 19.4. The molecule has 2 aromatic carbocycles. The number of aliphatic hydroxyl groups is 4. The third-order valence-electron chi connectivity index (χ3n) is 17.1. The number of aromatic nitrogens is 4. The third kappa shape index (κ3) is 17.7. The molecule has 5 aromatic heterocycles. The van der Waals surface area contributed by atoms with Crippen molar-refractivity contribution in [3.63, 3.8) is 0 Å². The van der Waals surface area contributed by atoms with Crippen LogP contribution < -0.4 is 60.2 Å². The average molecular weight is 1770 g/mol. The topological polar surface area (TPSA) is 450 Å². The van der Waals surface area contributed by atoms with Crippen molar-refractivity contribution >= 4 is 158 Å². The van der Waals surface area contributed by atoms with Gasteiger partial charge in [0, 0.05) is 36.8 Å². The summed E-state index contributed by atoms with van der Waals surface area (Å²) in [4.78, 5) is 143. The minimum Gasteiger partial charge on any atom is -0.505 e. The number of urea groups is 2. The minimum absolute atomic E-state index is 0.0177. The number of anilines is 3. The number of hydrogen-bond acceptors (Lipinski definition) is 24. The molecule has 13 heterocycles. The van der Waals surface area contributed by atoms with Gasteiger partial charge in [0.1, 0.15) is 63.5 Å². The number of fused-ring (bicyclic) bond motifs is 3. The second kappa shape index (κ2) is 33.5. The van der Waals surface area contributed by atoms with E-state index in [4.69, 9.17) is 34.9 Å². The Bertz CT molecular complexity index is 4700. The van der Waals surface area contributed by atoms with E-state index in [1.54, 1.807) is 74.9 Å². The van der Waals surface area contributed by atoms with Crippen LogP contribution in [0.15, 0.2) is 109 Å². The average Bonchev–Trinajstić information content (AvgIpc) is 1.59. The number of furan rings is 1. The van der Waals surface area contributed by atoms with E-state index in [0.717, 1.165) is 25.2 Å². The smallest absolute Gasteiger partial charge is 0.323 e. The minimum atomic E-state index is -1.68. The molecule has 15 rings (SSSR count). The molecule has 12 amide bonds. The number of amides is 12. The fourth-order valence-electron chi connectivity index (χ4n) is 11.8. The number of nitrogens with one attached hydrogen (secondary N) is 5. The lowest BCUT2D eigenvalue weighted by Gasteiger charge is -2.28. The molecule has 0 bridgehead atoms. The Morgan fingerprint density at radius 3 is 1.46 bits per heavy atom. The zero-order valence-electron chi connectivity index (χ0n) is 56.4. The van der Waals surface area contributed by atoms with Crippen molar-refractivity contribution in [2.24, 2.45) is 0 Å². The Morgan fingerprint density at radius 2 is 1.05 bits per heavy atom. The number of hydrogen-bond donors (Lipinski definition) is 10. The number of imide groups is 2. The van der Waals surface area contributed by atoms with Gasteiger partial charge in [-0.15, -0.1) is 6.42 Å². The lowest BCUT2D eigenvalue weighted by Crippen LogP contribution is -2.54. The van der Waals surface area contributed by atoms with E-state index in [-0.39, 0.29) is 110 Å². The van der Waals surface area contributed by atoms with Gasteiger partial charge in [0.15, 0.2) is 28.2 Å². The van der Waals surface area contributed by atoms with Crippen molar-refractivity contribution in [2.75, 3.05) is 82.4 Å². The number of carbonyl (C=O) groups is 10. The molecular formula is C68H66Br3IN14O20. The van der Waals surface area contributed by atoms with Crippen LogP contribution in [0.1, 0.15) is 63.3 Å². The largest absolute Gasteiger partial charge is 0.505 e. The Labute approximate surface area is 641 Å². The number of methoxy groups -OCH3 is 4. The zero-order chi connectivity index (χ0) is 76.6. The Morgan fingerprint density at radius 1 is 0.566 bits per heavy atom. The molecule has 0 radical (unpaired) electrons. The Hall–Kier alpha value is -10.1. The fourth-order valence-corrected chi connectivity index (χ4v) is 13.8. The van der Waals surface area contributed by atoms with Crippen LogP contribution in [0.3, 0.4) is 0 Å². The van der Waals surface area contributed by atoms with Crippen LogP contribution in [-0.2, 0) is 47.4 Å². The number of nitrogens with zero attached hydrogens (tertiary/aromatic N) is 9. The van der Waals surface area contributed by atoms with E-state index < -0.39 is 59.4 Å². The van der Waals surface area contributed by atoms with E-state index >= 15 is 0 Å². The molecule has 6 fully saturated rings. The molecule has 0 unspecified atom stereocenters. The number of rotatable bonds is 12. The number of aliphatic hydroxyl groups excluding tert-OH is 4. The molecule has 6 atom stereocenters. The molecule has 556 valence electrons. The lowest BCUT2D eigenvalue weighted by atomic mass is 9.95. The highest BCUT2D eigenvalue weighted by molar-refractivity contribution is 14.1. The summed E-state index contributed by atoms with van der Waals surface area (Å²) in [5.74, 6) is 3.77. The molecule has 10 N–H and O–H groups in total. The second-order valence-electron chi connectivity index (χ2n) is 24.3. The monoisotopic (exact) mass is 1760 g/mol. The first-order chi connectivity index (χ1) is 50.5. The summed E-state index contributed by atoms with van der Waals surface area (Å²) in [7, 11) is 6.20. The maximum atomic E-state index is 13.2. The second-order valence-corrected chi connectivity index (χ2v) is 27.7. The zero-order valence-corrected chi connectivity index (χ0v) is 63.3. The van der Waals surface area contributed by atoms with Crippen molar-refractivity contribution in [3.05, 3.63) is 137 Å². The Balaban J connectivity index is 0.000000148. The maximum Gasteiger partial charge on any atom is 0.323 e. The molecule has 7 aromatic rings. The summed E-state index contributed by atoms with van der Waals surface area (Å²) in [6.45, 7) is 1.41. The van der Waals surface area contributed by atoms with Crippen molar-refractivity contribution in [1.82, 2.24) is 56.3 Å². The standard InChI is InChI=1S/C24H21N5O7.C15H13N3O4.C10H11BrN2O3.C9H9BrN2O3.C6H5BrINO.C4H7NO2/c1-35-14-3-2-12-9-28(21(32)15(12)7-14)11-24(22(33)26-23(34)27-24)18-8-16-17(36-18)4-5-19(25-16)29-10-13(30)6-20(29)31;1-3-15(13(20)16-14(21)17-15)8-18-7-9-4-5-10(22-2)6-11(9)12(18)19;1-16-7-2-3-8(12-10(7)11)13-5-6(14)4-9(13)15;10-9-6(14)1-2-7(11-9)12-4-5(13)3-8(12)15;1-10-4-2-3-5(8)9-6(4)7;6-3-1-4(7)5-2-3/h2-5,7-8,13,30H,6,9-11H2,1H3,(H2,26,27,33,34);1,4-6H,7-8H2,2H3,(H2,16,17,20,21);2-3,6,14H,4-5H2,1H3;1-2,5,13-14H,3-4H2;2-3H,1H3;3,6H,1-2H2,(H,5,7)/t13-,24+;15-;6-;5-;;3-/m1111.1/s1. The number of halogens is 4. The normalized spacial score (nSPS) is 21.7. The predicted octanol–water partition coefficient (Wildman–Crippen LogP) is 3.41. The number of ether oxygens (including phenoxy) is 4. The van der Waals surface area contributed by atoms with Gasteiger partial charge in [0.2, 0.25) is 23.6 Å². The summed E-state index contributed by atoms with van der Waals surface area (Å²) in [5, 5.41) is 58.2. The number of pyridine rings is 4. The predicted molar refractivity (Wildman–Crippen MR) is 392 cm³/mol. The van der Waals surface area contributed by atoms with Gasteiger partial charge in [-0.25, -0.2) is 29.5 Å². The summed E-state index contributed by atoms with van der Waals surface area (Å²) < 4.78 is 28.8. The highest BCUT2D eigenvalue weighted by atomic mass is 127. The molecule has 106 heavy (non-hydrogen) atoms. The molecule has 38 heteroatoms. The molecule has 0 spiro atoms. The quantitative estimate of drug-likeness (QED) is 0.0362. The molecule has 8 aliphatic rings. The highest BCUT2D eigenvalue weighted by Crippen LogP contribution is 2.37. The Kier molecular flexibility index (Phi) is 24.8. The molecule has 0 saturated carbocycles. The lowest BCUT2D eigenvalue weighted by molar-refractivity contribution is -0.125. The van der Waals surface area contributed by atoms with Gasteiger partial charge in [0.05, 0.1) is 111 Å². The first-order valence-electron chi connectivity index (χ1n) is 31.9.